The second-order valence-corrected chi connectivity index (χ2v) is 4.88. The average Bonchev–Trinajstić information content (AvgIpc) is 2.46. The largest absolute Gasteiger partial charge is 0.497 e. The molecule has 0 aliphatic carbocycles. The molecule has 20 heavy (non-hydrogen) atoms. The Morgan fingerprint density at radius 3 is 2.20 bits per heavy atom. The van der Waals surface area contributed by atoms with Crippen LogP contribution >= 0.6 is 23.2 Å². The van der Waals surface area contributed by atoms with Crippen molar-refractivity contribution in [2.75, 3.05) is 7.11 Å². The van der Waals surface area contributed by atoms with Crippen LogP contribution in [-0.2, 0) is 0 Å². The number of hydrogen-bond donors (Lipinski definition) is 0. The van der Waals surface area contributed by atoms with Crippen LogP contribution in [0.15, 0.2) is 48.5 Å². The molecule has 0 unspecified atom stereocenters. The zero-order valence-corrected chi connectivity index (χ0v) is 12.3. The number of hydrogen-bond acceptors (Lipinski definition) is 2. The minimum atomic E-state index is -0.122. The van der Waals surface area contributed by atoms with Gasteiger partial charge < -0.3 is 4.74 Å². The first-order chi connectivity index (χ1) is 9.61. The normalized spacial score (nSPS) is 10.8. The Balaban J connectivity index is 2.20. The lowest BCUT2D eigenvalue weighted by atomic mass is 10.1. The van der Waals surface area contributed by atoms with Crippen LogP contribution in [0.25, 0.3) is 6.08 Å². The Morgan fingerprint density at radius 1 is 1.05 bits per heavy atom. The van der Waals surface area contributed by atoms with Gasteiger partial charge in [0, 0.05) is 21.2 Å². The molecule has 0 atom stereocenters. The fourth-order valence-electron chi connectivity index (χ4n) is 1.68. The van der Waals surface area contributed by atoms with Crippen LogP contribution in [0.2, 0.25) is 10.0 Å². The summed E-state index contributed by atoms with van der Waals surface area (Å²) in [4.78, 5) is 12.0. The number of halogens is 2. The molecule has 0 spiro atoms. The van der Waals surface area contributed by atoms with Crippen LogP contribution in [0.3, 0.4) is 0 Å². The molecule has 0 N–H and O–H groups in total. The molecule has 102 valence electrons. The molecule has 0 saturated heterocycles. The molecule has 0 aromatic heterocycles. The molecule has 2 rings (SSSR count). The Labute approximate surface area is 127 Å². The molecule has 0 saturated carbocycles. The summed E-state index contributed by atoms with van der Waals surface area (Å²) in [5, 5.41) is 1.02. The third-order valence-electron chi connectivity index (χ3n) is 2.78. The number of methoxy groups -OCH3 is 1. The fourth-order valence-corrected chi connectivity index (χ4v) is 2.20. The van der Waals surface area contributed by atoms with E-state index in [4.69, 9.17) is 27.9 Å². The highest BCUT2D eigenvalue weighted by Crippen LogP contribution is 2.25. The maximum atomic E-state index is 12.0. The molecule has 0 fully saturated rings. The van der Waals surface area contributed by atoms with Crippen molar-refractivity contribution in [3.63, 3.8) is 0 Å². The molecular weight excluding hydrogens is 295 g/mol. The number of carbonyl (C=O) groups excluding carboxylic acids is 1. The summed E-state index contributed by atoms with van der Waals surface area (Å²) in [6.45, 7) is 0. The summed E-state index contributed by atoms with van der Waals surface area (Å²) in [7, 11) is 1.58. The van der Waals surface area contributed by atoms with Gasteiger partial charge in [0.15, 0.2) is 5.78 Å². The van der Waals surface area contributed by atoms with Crippen molar-refractivity contribution >= 4 is 35.1 Å². The molecule has 0 heterocycles. The molecule has 2 aromatic rings. The zero-order chi connectivity index (χ0) is 14.5. The van der Waals surface area contributed by atoms with Crippen molar-refractivity contribution in [2.24, 2.45) is 0 Å². The monoisotopic (exact) mass is 306 g/mol. The molecule has 0 aliphatic heterocycles. The lowest BCUT2D eigenvalue weighted by Gasteiger charge is -2.02. The number of rotatable bonds is 4. The highest BCUT2D eigenvalue weighted by atomic mass is 35.5. The van der Waals surface area contributed by atoms with Crippen molar-refractivity contribution < 1.29 is 9.53 Å². The Morgan fingerprint density at radius 2 is 1.65 bits per heavy atom. The molecule has 0 radical (unpaired) electrons. The van der Waals surface area contributed by atoms with E-state index >= 15 is 0 Å². The lowest BCUT2D eigenvalue weighted by molar-refractivity contribution is 0.104. The minimum Gasteiger partial charge on any atom is -0.497 e. The lowest BCUT2D eigenvalue weighted by Crippen LogP contribution is -1.94. The van der Waals surface area contributed by atoms with E-state index in [1.807, 2.05) is 0 Å². The van der Waals surface area contributed by atoms with E-state index in [1.165, 1.54) is 6.08 Å². The predicted octanol–water partition coefficient (Wildman–Crippen LogP) is 4.90. The van der Waals surface area contributed by atoms with Gasteiger partial charge in [0.1, 0.15) is 5.75 Å². The van der Waals surface area contributed by atoms with Gasteiger partial charge in [-0.05, 0) is 48.6 Å². The summed E-state index contributed by atoms with van der Waals surface area (Å²) < 4.78 is 5.05. The van der Waals surface area contributed by atoms with Crippen LogP contribution in [0, 0.1) is 0 Å². The second kappa shape index (κ2) is 6.60. The van der Waals surface area contributed by atoms with Crippen molar-refractivity contribution in [1.82, 2.24) is 0 Å². The van der Waals surface area contributed by atoms with Crippen LogP contribution in [0.5, 0.6) is 5.75 Å². The Bertz CT molecular complexity index is 626. The zero-order valence-electron chi connectivity index (χ0n) is 10.8. The van der Waals surface area contributed by atoms with Gasteiger partial charge in [0.05, 0.1) is 7.11 Å². The fraction of sp³-hybridized carbons (Fsp3) is 0.0625. The van der Waals surface area contributed by atoms with Crippen molar-refractivity contribution in [3.8, 4) is 5.75 Å². The highest BCUT2D eigenvalue weighted by Gasteiger charge is 2.05. The quantitative estimate of drug-likeness (QED) is 0.593. The second-order valence-electron chi connectivity index (χ2n) is 4.06. The number of allylic oxidation sites excluding steroid dienone is 1. The number of ketones is 1. The van der Waals surface area contributed by atoms with Gasteiger partial charge in [-0.2, -0.15) is 0 Å². The van der Waals surface area contributed by atoms with Gasteiger partial charge >= 0.3 is 0 Å². The van der Waals surface area contributed by atoms with E-state index in [-0.39, 0.29) is 5.78 Å². The van der Waals surface area contributed by atoms with E-state index in [0.29, 0.717) is 26.9 Å². The molecule has 0 amide bonds. The van der Waals surface area contributed by atoms with E-state index in [1.54, 1.807) is 55.7 Å². The number of benzene rings is 2. The molecule has 4 heteroatoms. The van der Waals surface area contributed by atoms with Gasteiger partial charge in [-0.1, -0.05) is 29.3 Å². The first kappa shape index (κ1) is 14.6. The smallest absolute Gasteiger partial charge is 0.185 e. The Hall–Kier alpha value is -1.77. The average molecular weight is 307 g/mol. The van der Waals surface area contributed by atoms with Crippen LogP contribution in [0.4, 0.5) is 0 Å². The van der Waals surface area contributed by atoms with E-state index in [2.05, 4.69) is 0 Å². The first-order valence-corrected chi connectivity index (χ1v) is 6.68. The Kier molecular flexibility index (Phi) is 4.83. The van der Waals surface area contributed by atoms with Gasteiger partial charge in [0.25, 0.3) is 0 Å². The summed E-state index contributed by atoms with van der Waals surface area (Å²) in [5.41, 5.74) is 1.21. The van der Waals surface area contributed by atoms with Crippen molar-refractivity contribution in [3.05, 3.63) is 69.7 Å². The number of carbonyl (C=O) groups is 1. The minimum absolute atomic E-state index is 0.122. The highest BCUT2D eigenvalue weighted by molar-refractivity contribution is 6.37. The summed E-state index contributed by atoms with van der Waals surface area (Å²) >= 11 is 12.1. The summed E-state index contributed by atoms with van der Waals surface area (Å²) in [6, 6.07) is 12.1. The third kappa shape index (κ3) is 3.41. The van der Waals surface area contributed by atoms with E-state index in [9.17, 15) is 4.79 Å². The molecule has 2 nitrogen and oxygen atoms in total. The topological polar surface area (TPSA) is 26.3 Å². The van der Waals surface area contributed by atoms with Crippen LogP contribution in [0.1, 0.15) is 15.9 Å². The van der Waals surface area contributed by atoms with Gasteiger partial charge in [0.2, 0.25) is 0 Å². The first-order valence-electron chi connectivity index (χ1n) is 5.92. The van der Waals surface area contributed by atoms with Gasteiger partial charge in [-0.25, -0.2) is 0 Å². The SMILES string of the molecule is COc1ccc(C(=O)/C=C\c2c(Cl)cccc2Cl)cc1. The van der Waals surface area contributed by atoms with Crippen LogP contribution < -0.4 is 4.74 Å². The third-order valence-corrected chi connectivity index (χ3v) is 3.43. The van der Waals surface area contributed by atoms with Gasteiger partial charge in [-0.15, -0.1) is 0 Å². The van der Waals surface area contributed by atoms with Crippen molar-refractivity contribution in [1.29, 1.82) is 0 Å². The van der Waals surface area contributed by atoms with Crippen LogP contribution in [-0.4, -0.2) is 12.9 Å². The molecule has 0 aliphatic rings. The predicted molar refractivity (Wildman–Crippen MR) is 82.8 cm³/mol. The summed E-state index contributed by atoms with van der Waals surface area (Å²) in [6.07, 6.45) is 3.08. The molecular formula is C16H12Cl2O2. The maximum absolute atomic E-state index is 12.0. The van der Waals surface area contributed by atoms with E-state index in [0.717, 1.165) is 0 Å². The van der Waals surface area contributed by atoms with E-state index < -0.39 is 0 Å². The molecule has 0 bridgehead atoms. The summed E-state index contributed by atoms with van der Waals surface area (Å²) in [5.74, 6) is 0.586. The maximum Gasteiger partial charge on any atom is 0.185 e. The number of ether oxygens (including phenoxy) is 1. The van der Waals surface area contributed by atoms with Gasteiger partial charge in [-0.3, -0.25) is 4.79 Å². The molecule has 2 aromatic carbocycles. The van der Waals surface area contributed by atoms with Crippen molar-refractivity contribution in [2.45, 2.75) is 0 Å². The standard InChI is InChI=1S/C16H12Cl2O2/c1-20-12-7-5-11(6-8-12)16(19)10-9-13-14(17)3-2-4-15(13)18/h2-10H,1H3/b10-9-.